The molecule has 2 aromatic carbocycles. The first-order valence-electron chi connectivity index (χ1n) is 8.64. The maximum absolute atomic E-state index is 12.2. The molecule has 0 saturated heterocycles. The van der Waals surface area contributed by atoms with E-state index in [1.807, 2.05) is 43.3 Å². The van der Waals surface area contributed by atoms with Gasteiger partial charge in [-0.15, -0.1) is 0 Å². The monoisotopic (exact) mass is 357 g/mol. The van der Waals surface area contributed by atoms with Gasteiger partial charge in [-0.2, -0.15) is 0 Å². The minimum Gasteiger partial charge on any atom is -0.357 e. The molecule has 134 valence electrons. The molecule has 0 saturated carbocycles. The van der Waals surface area contributed by atoms with Crippen molar-refractivity contribution in [1.82, 2.24) is 10.6 Å². The van der Waals surface area contributed by atoms with Gasteiger partial charge in [-0.3, -0.25) is 4.21 Å². The fourth-order valence-corrected chi connectivity index (χ4v) is 3.48. The van der Waals surface area contributed by atoms with Gasteiger partial charge >= 0.3 is 0 Å². The third-order valence-corrected chi connectivity index (χ3v) is 4.95. The minimum absolute atomic E-state index is 0.597. The first-order chi connectivity index (χ1) is 12.2. The highest BCUT2D eigenvalue weighted by molar-refractivity contribution is 7.84. The van der Waals surface area contributed by atoms with Gasteiger partial charge < -0.3 is 10.6 Å². The molecule has 0 heterocycles. The lowest BCUT2D eigenvalue weighted by molar-refractivity contribution is 0.680. The van der Waals surface area contributed by atoms with E-state index in [1.165, 1.54) is 11.1 Å². The van der Waals surface area contributed by atoms with Crippen LogP contribution in [0.2, 0.25) is 0 Å². The summed E-state index contributed by atoms with van der Waals surface area (Å²) in [6, 6.07) is 18.3. The molecular weight excluding hydrogens is 330 g/mol. The van der Waals surface area contributed by atoms with E-state index in [1.54, 1.807) is 0 Å². The lowest BCUT2D eigenvalue weighted by Crippen LogP contribution is -2.39. The molecule has 0 aliphatic rings. The average molecular weight is 358 g/mol. The molecule has 5 heteroatoms. The molecule has 0 fully saturated rings. The van der Waals surface area contributed by atoms with Crippen LogP contribution in [0.3, 0.4) is 0 Å². The lowest BCUT2D eigenvalue weighted by Gasteiger charge is -2.11. The van der Waals surface area contributed by atoms with E-state index < -0.39 is 10.8 Å². The molecule has 1 atom stereocenters. The van der Waals surface area contributed by atoms with Gasteiger partial charge in [0.2, 0.25) is 0 Å². The second-order valence-electron chi connectivity index (χ2n) is 5.88. The van der Waals surface area contributed by atoms with Gasteiger partial charge in [-0.25, -0.2) is 4.99 Å². The average Bonchev–Trinajstić information content (AvgIpc) is 2.60. The maximum Gasteiger partial charge on any atom is 0.191 e. The number of nitrogens with one attached hydrogen (secondary N) is 2. The zero-order valence-electron chi connectivity index (χ0n) is 15.0. The molecule has 2 aromatic rings. The fourth-order valence-electron chi connectivity index (χ4n) is 2.44. The quantitative estimate of drug-likeness (QED) is 0.564. The van der Waals surface area contributed by atoms with E-state index in [9.17, 15) is 4.21 Å². The molecule has 0 bridgehead atoms. The number of aryl methyl sites for hydroxylation is 1. The molecule has 1 unspecified atom stereocenters. The van der Waals surface area contributed by atoms with Crippen LogP contribution in [-0.2, 0) is 23.1 Å². The van der Waals surface area contributed by atoms with E-state index in [-0.39, 0.29) is 0 Å². The molecule has 0 spiro atoms. The number of hydrogen-bond acceptors (Lipinski definition) is 2. The normalized spacial score (nSPS) is 12.6. The van der Waals surface area contributed by atoms with Gasteiger partial charge in [0.1, 0.15) is 0 Å². The van der Waals surface area contributed by atoms with Crippen molar-refractivity contribution >= 4 is 16.8 Å². The first-order valence-corrected chi connectivity index (χ1v) is 10.1. The molecule has 0 radical (unpaired) electrons. The number of nitrogens with zero attached hydrogens (tertiary/aromatic N) is 1. The summed E-state index contributed by atoms with van der Waals surface area (Å²) < 4.78 is 12.2. The smallest absolute Gasteiger partial charge is 0.191 e. The summed E-state index contributed by atoms with van der Waals surface area (Å²) in [6.07, 6.45) is 0. The zero-order chi connectivity index (χ0) is 17.9. The second kappa shape index (κ2) is 10.7. The Hall–Kier alpha value is -2.14. The van der Waals surface area contributed by atoms with Crippen LogP contribution < -0.4 is 10.6 Å². The predicted molar refractivity (Wildman–Crippen MR) is 107 cm³/mol. The zero-order valence-corrected chi connectivity index (χ0v) is 15.8. The molecule has 4 nitrogen and oxygen atoms in total. The van der Waals surface area contributed by atoms with Crippen molar-refractivity contribution in [2.75, 3.05) is 18.8 Å². The number of benzene rings is 2. The molecule has 0 aliphatic heterocycles. The Morgan fingerprint density at radius 1 is 1.04 bits per heavy atom. The SMILES string of the molecule is CCNC(=NCc1cccc(C)c1)NCCS(=O)Cc1ccccc1. The summed E-state index contributed by atoms with van der Waals surface area (Å²) in [5, 5.41) is 6.50. The Balaban J connectivity index is 1.80. The van der Waals surface area contributed by atoms with Crippen LogP contribution in [0.4, 0.5) is 0 Å². The topological polar surface area (TPSA) is 53.5 Å². The van der Waals surface area contributed by atoms with Crippen LogP contribution in [0.5, 0.6) is 0 Å². The van der Waals surface area contributed by atoms with E-state index in [0.29, 0.717) is 24.6 Å². The van der Waals surface area contributed by atoms with Crippen LogP contribution >= 0.6 is 0 Å². The van der Waals surface area contributed by atoms with Gasteiger partial charge in [-0.05, 0) is 25.0 Å². The number of hydrogen-bond donors (Lipinski definition) is 2. The Labute approximate surface area is 153 Å². The van der Waals surface area contributed by atoms with Crippen molar-refractivity contribution in [1.29, 1.82) is 0 Å². The summed E-state index contributed by atoms with van der Waals surface area (Å²) in [4.78, 5) is 4.60. The minimum atomic E-state index is -0.880. The molecule has 0 aromatic heterocycles. The third kappa shape index (κ3) is 7.52. The lowest BCUT2D eigenvalue weighted by atomic mass is 10.1. The van der Waals surface area contributed by atoms with E-state index in [0.717, 1.165) is 18.1 Å². The second-order valence-corrected chi connectivity index (χ2v) is 7.46. The van der Waals surface area contributed by atoms with Crippen LogP contribution in [0.25, 0.3) is 0 Å². The van der Waals surface area contributed by atoms with Crippen molar-refractivity contribution in [2.24, 2.45) is 4.99 Å². The molecule has 2 N–H and O–H groups in total. The van der Waals surface area contributed by atoms with E-state index in [4.69, 9.17) is 0 Å². The summed E-state index contributed by atoms with van der Waals surface area (Å²) in [6.45, 7) is 6.19. The summed E-state index contributed by atoms with van der Waals surface area (Å²) in [5.74, 6) is 1.96. The number of guanidine groups is 1. The van der Waals surface area contributed by atoms with Crippen LogP contribution in [-0.4, -0.2) is 29.0 Å². The van der Waals surface area contributed by atoms with E-state index >= 15 is 0 Å². The van der Waals surface area contributed by atoms with Crippen molar-refractivity contribution in [3.05, 3.63) is 71.3 Å². The predicted octanol–water partition coefficient (Wildman–Crippen LogP) is 3.00. The molecule has 25 heavy (non-hydrogen) atoms. The maximum atomic E-state index is 12.2. The molecular formula is C20H27N3OS. The summed E-state index contributed by atoms with van der Waals surface area (Å²) >= 11 is 0. The Bertz CT molecular complexity index is 701. The number of rotatable bonds is 8. The van der Waals surface area contributed by atoms with E-state index in [2.05, 4.69) is 40.7 Å². The van der Waals surface area contributed by atoms with Crippen molar-refractivity contribution in [3.63, 3.8) is 0 Å². The van der Waals surface area contributed by atoms with Gasteiger partial charge in [0.25, 0.3) is 0 Å². The van der Waals surface area contributed by atoms with Crippen molar-refractivity contribution in [2.45, 2.75) is 26.1 Å². The van der Waals surface area contributed by atoms with Gasteiger partial charge in [0, 0.05) is 35.4 Å². The highest BCUT2D eigenvalue weighted by Gasteiger charge is 2.03. The van der Waals surface area contributed by atoms with Gasteiger partial charge in [-0.1, -0.05) is 60.2 Å². The Morgan fingerprint density at radius 2 is 1.80 bits per heavy atom. The van der Waals surface area contributed by atoms with Crippen LogP contribution in [0.15, 0.2) is 59.6 Å². The number of aliphatic imine (C=N–C) groups is 1. The van der Waals surface area contributed by atoms with Gasteiger partial charge in [0.15, 0.2) is 5.96 Å². The standard InChI is InChI=1S/C20H27N3OS/c1-3-21-20(23-15-19-11-7-8-17(2)14-19)22-12-13-25(24)16-18-9-5-4-6-10-18/h4-11,14H,3,12-13,15-16H2,1-2H3,(H2,21,22,23). The first kappa shape index (κ1) is 19.2. The molecule has 0 amide bonds. The Kier molecular flexibility index (Phi) is 8.19. The highest BCUT2D eigenvalue weighted by Crippen LogP contribution is 2.05. The van der Waals surface area contributed by atoms with Crippen molar-refractivity contribution in [3.8, 4) is 0 Å². The largest absolute Gasteiger partial charge is 0.357 e. The summed E-state index contributed by atoms with van der Waals surface area (Å²) in [7, 11) is -0.880. The van der Waals surface area contributed by atoms with Gasteiger partial charge in [0.05, 0.1) is 6.54 Å². The van der Waals surface area contributed by atoms with Crippen molar-refractivity contribution < 1.29 is 4.21 Å². The molecule has 0 aliphatic carbocycles. The fraction of sp³-hybridized carbons (Fsp3) is 0.350. The highest BCUT2D eigenvalue weighted by atomic mass is 32.2. The molecule has 2 rings (SSSR count). The summed E-state index contributed by atoms with van der Waals surface area (Å²) in [5.41, 5.74) is 3.53. The van der Waals surface area contributed by atoms with Crippen LogP contribution in [0.1, 0.15) is 23.6 Å². The Morgan fingerprint density at radius 3 is 2.52 bits per heavy atom. The third-order valence-electron chi connectivity index (χ3n) is 3.64. The van der Waals surface area contributed by atoms with Crippen LogP contribution in [0, 0.1) is 6.92 Å².